The van der Waals surface area contributed by atoms with Gasteiger partial charge in [0.25, 0.3) is 16.4 Å². The van der Waals surface area contributed by atoms with Crippen LogP contribution in [0.1, 0.15) is 38.0 Å². The van der Waals surface area contributed by atoms with Crippen molar-refractivity contribution >= 4 is 113 Å². The van der Waals surface area contributed by atoms with E-state index in [1.54, 1.807) is 22.6 Å². The minimum Gasteiger partial charge on any atom is -0.464 e. The van der Waals surface area contributed by atoms with Crippen LogP contribution < -0.4 is 5.32 Å². The van der Waals surface area contributed by atoms with Gasteiger partial charge in [-0.15, -0.1) is 0 Å². The highest BCUT2D eigenvalue weighted by Gasteiger charge is 2.29. The first-order valence-electron chi connectivity index (χ1n) is 6.11. The molecule has 0 fully saturated rings. The van der Waals surface area contributed by atoms with Gasteiger partial charge in [0, 0.05) is 17.6 Å². The number of nitrogens with one attached hydrogen (secondary N) is 1. The van der Waals surface area contributed by atoms with E-state index < -0.39 is 22.4 Å². The van der Waals surface area contributed by atoms with E-state index in [0.29, 0.717) is 7.14 Å². The Balaban J connectivity index is 3.31. The van der Waals surface area contributed by atoms with Crippen molar-refractivity contribution in [3.8, 4) is 0 Å². The lowest BCUT2D eigenvalue weighted by Crippen LogP contribution is -2.30. The van der Waals surface area contributed by atoms with Gasteiger partial charge >= 0.3 is 5.97 Å². The lowest BCUT2D eigenvalue weighted by molar-refractivity contribution is -0.140. The maximum absolute atomic E-state index is 12.4. The molecule has 0 aromatic heterocycles. The molecule has 0 radical (unpaired) electrons. The average Bonchev–Trinajstić information content (AvgIpc) is 2.42. The second-order valence-electron chi connectivity index (χ2n) is 4.21. The lowest BCUT2D eigenvalue weighted by Gasteiger charge is -2.15. The van der Waals surface area contributed by atoms with Gasteiger partial charge in [0.05, 0.1) is 23.2 Å². The Kier molecular flexibility index (Phi) is 9.14. The minimum atomic E-state index is -0.798. The molecule has 0 saturated heterocycles. The summed E-state index contributed by atoms with van der Waals surface area (Å²) >= 11 is 16.6. The molecule has 1 rings (SSSR count). The van der Waals surface area contributed by atoms with Crippen LogP contribution in [0.4, 0.5) is 0 Å². The predicted octanol–water partition coefficient (Wildman–Crippen LogP) is 3.55. The van der Waals surface area contributed by atoms with Crippen molar-refractivity contribution in [3.63, 3.8) is 0 Å². The van der Waals surface area contributed by atoms with Crippen LogP contribution >= 0.6 is 91.0 Å². The van der Waals surface area contributed by atoms with Crippen LogP contribution in [0.3, 0.4) is 0 Å². The molecule has 11 heteroatoms. The van der Waals surface area contributed by atoms with Crippen LogP contribution in [0.15, 0.2) is 0 Å². The van der Waals surface area contributed by atoms with Crippen molar-refractivity contribution in [3.05, 3.63) is 27.4 Å². The number of hydrogen-bond donors (Lipinski definition) is 1. The van der Waals surface area contributed by atoms with Gasteiger partial charge in [0.15, 0.2) is 0 Å². The third kappa shape index (κ3) is 5.38. The summed E-state index contributed by atoms with van der Waals surface area (Å²) < 4.78 is 5.64. The molecule has 1 aromatic carbocycles. The molecule has 0 atom stereocenters. The van der Waals surface area contributed by atoms with Gasteiger partial charge in [0.2, 0.25) is 0 Å². The van der Waals surface area contributed by atoms with Gasteiger partial charge in [0.1, 0.15) is 6.61 Å². The molecule has 0 saturated carbocycles. The predicted molar refractivity (Wildman–Crippen MR) is 114 cm³/mol. The van der Waals surface area contributed by atoms with Gasteiger partial charge < -0.3 is 10.1 Å². The number of esters is 1. The summed E-state index contributed by atoms with van der Waals surface area (Å²) in [5.74, 6) is -1.00. The fourth-order valence-electron chi connectivity index (χ4n) is 1.66. The molecule has 1 N–H and O–H groups in total. The molecule has 0 aliphatic heterocycles. The Morgan fingerprint density at radius 3 is 1.71 bits per heavy atom. The molecule has 1 amide bonds. The summed E-state index contributed by atoms with van der Waals surface area (Å²) in [5, 5.41) is 0.955. The first-order valence-corrected chi connectivity index (χ1v) is 10.1. The fourth-order valence-corrected chi connectivity index (χ4v) is 7.31. The quantitative estimate of drug-likeness (QED) is 0.212. The Bertz CT molecular complexity index is 698. The molecular weight excluding hydrogens is 702 g/mol. The van der Waals surface area contributed by atoms with E-state index >= 15 is 0 Å². The molecule has 130 valence electrons. The Morgan fingerprint density at radius 1 is 0.917 bits per heavy atom. The summed E-state index contributed by atoms with van der Waals surface area (Å²) in [6.45, 7) is 1.33. The van der Waals surface area contributed by atoms with Gasteiger partial charge in [-0.1, -0.05) is 0 Å². The summed E-state index contributed by atoms with van der Waals surface area (Å²) in [6.07, 6.45) is 0. The second-order valence-corrected chi connectivity index (χ2v) is 8.13. The zero-order valence-electron chi connectivity index (χ0n) is 11.8. The van der Waals surface area contributed by atoms with Crippen molar-refractivity contribution in [2.75, 3.05) is 13.2 Å². The summed E-state index contributed by atoms with van der Waals surface area (Å²) in [7, 11) is 0. The number of hydrogen-bond acceptors (Lipinski definition) is 5. The molecule has 6 nitrogen and oxygen atoms in total. The highest BCUT2D eigenvalue weighted by molar-refractivity contribution is 14.1. The van der Waals surface area contributed by atoms with Gasteiger partial charge in [-0.3, -0.25) is 19.2 Å². The minimum absolute atomic E-state index is 0.00118. The number of amides is 1. The molecule has 0 heterocycles. The average molecular weight is 710 g/mol. The number of rotatable bonds is 6. The van der Waals surface area contributed by atoms with E-state index in [-0.39, 0.29) is 33.4 Å². The van der Waals surface area contributed by atoms with Crippen molar-refractivity contribution in [2.24, 2.45) is 0 Å². The Hall–Kier alpha value is 0.270. The molecule has 0 aliphatic rings. The van der Waals surface area contributed by atoms with E-state index in [1.165, 1.54) is 6.92 Å². The monoisotopic (exact) mass is 709 g/mol. The van der Waals surface area contributed by atoms with Crippen molar-refractivity contribution in [2.45, 2.75) is 6.92 Å². The van der Waals surface area contributed by atoms with E-state index in [1.807, 2.05) is 45.2 Å². The highest BCUT2D eigenvalue weighted by Crippen LogP contribution is 2.33. The maximum Gasteiger partial charge on any atom is 0.302 e. The summed E-state index contributed by atoms with van der Waals surface area (Å²) in [6, 6.07) is 0. The molecule has 0 bridgehead atoms. The van der Waals surface area contributed by atoms with Crippen LogP contribution in [0.5, 0.6) is 0 Å². The number of carbonyl (C=O) groups is 4. The number of carbonyl (C=O) groups excluding carboxylic acids is 4. The van der Waals surface area contributed by atoms with Crippen LogP contribution in [0.25, 0.3) is 0 Å². The molecular formula is C13H8Cl2I3NO5. The maximum atomic E-state index is 12.4. The summed E-state index contributed by atoms with van der Waals surface area (Å²) in [4.78, 5) is 46.5. The van der Waals surface area contributed by atoms with Gasteiger partial charge in [-0.2, -0.15) is 0 Å². The van der Waals surface area contributed by atoms with E-state index in [9.17, 15) is 19.2 Å². The third-order valence-corrected chi connectivity index (χ3v) is 6.24. The zero-order valence-corrected chi connectivity index (χ0v) is 19.8. The van der Waals surface area contributed by atoms with Crippen LogP contribution in [-0.2, 0) is 9.53 Å². The van der Waals surface area contributed by atoms with E-state index in [4.69, 9.17) is 27.9 Å². The third-order valence-electron chi connectivity index (χ3n) is 2.63. The first-order chi connectivity index (χ1) is 11.1. The highest BCUT2D eigenvalue weighted by atomic mass is 127. The number of halogens is 5. The number of ether oxygens (including phenoxy) is 1. The molecule has 0 aliphatic carbocycles. The van der Waals surface area contributed by atoms with Crippen LogP contribution in [0, 0.1) is 10.7 Å². The summed E-state index contributed by atoms with van der Waals surface area (Å²) in [5.41, 5.74) is 0.215. The van der Waals surface area contributed by atoms with Crippen LogP contribution in [-0.4, -0.2) is 35.5 Å². The second kappa shape index (κ2) is 9.83. The fraction of sp³-hybridized carbons (Fsp3) is 0.231. The molecule has 24 heavy (non-hydrogen) atoms. The van der Waals surface area contributed by atoms with Crippen LogP contribution in [0.2, 0.25) is 0 Å². The smallest absolute Gasteiger partial charge is 0.302 e. The zero-order chi connectivity index (χ0) is 18.6. The van der Waals surface area contributed by atoms with Gasteiger partial charge in [-0.05, 0) is 91.0 Å². The first kappa shape index (κ1) is 22.3. The topological polar surface area (TPSA) is 89.5 Å². The van der Waals surface area contributed by atoms with Crippen molar-refractivity contribution < 1.29 is 23.9 Å². The van der Waals surface area contributed by atoms with E-state index in [2.05, 4.69) is 5.32 Å². The largest absolute Gasteiger partial charge is 0.464 e. The van der Waals surface area contributed by atoms with E-state index in [0.717, 1.165) is 0 Å². The SMILES string of the molecule is CC(=O)OCCNC(=O)c1c(I)c(C(=O)Cl)c(I)c(C(=O)Cl)c1I. The Morgan fingerprint density at radius 2 is 1.33 bits per heavy atom. The standard InChI is InChI=1S/C13H8Cl2I3NO5/c1-4(20)24-3-2-19-13(23)7-9(17)5(11(14)21)8(16)6(10(7)18)12(15)22/h2-3H2,1H3,(H,19,23). The normalized spacial score (nSPS) is 10.2. The van der Waals surface area contributed by atoms with Gasteiger partial charge in [-0.25, -0.2) is 0 Å². The lowest BCUT2D eigenvalue weighted by atomic mass is 10.1. The van der Waals surface area contributed by atoms with Crippen molar-refractivity contribution in [1.29, 1.82) is 0 Å². The molecule has 0 unspecified atom stereocenters. The molecule has 1 aromatic rings. The number of benzene rings is 1. The molecule has 0 spiro atoms. The van der Waals surface area contributed by atoms with Crippen molar-refractivity contribution in [1.82, 2.24) is 5.32 Å². The Labute approximate surface area is 188 Å².